The second-order valence-corrected chi connectivity index (χ2v) is 13.6. The predicted molar refractivity (Wildman–Crippen MR) is 225 cm³/mol. The van der Waals surface area contributed by atoms with Gasteiger partial charge in [-0.3, -0.25) is 0 Å². The van der Waals surface area contributed by atoms with Crippen LogP contribution in [0.4, 0.5) is 0 Å². The fraction of sp³-hybridized carbons (Fsp3) is 0.826. The fourth-order valence-electron chi connectivity index (χ4n) is 7.81. The molecule has 5 fully saturated rings. The molecule has 0 aromatic carbocycles. The molecule has 0 aliphatic carbocycles. The summed E-state index contributed by atoms with van der Waals surface area (Å²) in [5.41, 5.74) is 2.64. The van der Waals surface area contributed by atoms with Crippen molar-refractivity contribution in [1.29, 1.82) is 0 Å². The molecule has 0 radical (unpaired) electrons. The minimum atomic E-state index is -0.636. The maximum absolute atomic E-state index is 11.4. The minimum Gasteiger partial charge on any atom is -0.390 e. The summed E-state index contributed by atoms with van der Waals surface area (Å²) in [6.07, 6.45) is 16.8. The van der Waals surface area contributed by atoms with Crippen LogP contribution in [-0.4, -0.2) is 83.5 Å². The van der Waals surface area contributed by atoms with Crippen LogP contribution in [0.2, 0.25) is 0 Å². The summed E-state index contributed by atoms with van der Waals surface area (Å²) >= 11 is 0. The number of fused-ring (bicyclic) bond motifs is 4. The van der Waals surface area contributed by atoms with E-state index in [9.17, 15) is 10.2 Å². The third-order valence-corrected chi connectivity index (χ3v) is 10.7. The molecule has 5 saturated heterocycles. The van der Waals surface area contributed by atoms with Crippen molar-refractivity contribution in [3.8, 4) is 0 Å². The molecule has 0 saturated carbocycles. The molecule has 7 heteroatoms. The van der Waals surface area contributed by atoms with Crippen LogP contribution in [0.3, 0.4) is 0 Å². The van der Waals surface area contributed by atoms with E-state index in [2.05, 4.69) is 52.5 Å². The molecule has 0 aromatic heterocycles. The lowest BCUT2D eigenvalue weighted by Gasteiger charge is -2.43. The Kier molecular flexibility index (Phi) is 29.2. The van der Waals surface area contributed by atoms with E-state index in [1.165, 1.54) is 11.1 Å². The quantitative estimate of drug-likeness (QED) is 0.239. The Bertz CT molecular complexity index is 1010. The van der Waals surface area contributed by atoms with Gasteiger partial charge in [-0.25, -0.2) is 0 Å². The Hall–Kier alpha value is -1.32. The van der Waals surface area contributed by atoms with Gasteiger partial charge in [0, 0.05) is 12.8 Å². The summed E-state index contributed by atoms with van der Waals surface area (Å²) < 4.78 is 33.3. The van der Waals surface area contributed by atoms with Crippen molar-refractivity contribution in [2.24, 2.45) is 5.92 Å². The van der Waals surface area contributed by atoms with E-state index >= 15 is 0 Å². The van der Waals surface area contributed by atoms with Gasteiger partial charge in [0.2, 0.25) is 0 Å². The van der Waals surface area contributed by atoms with Gasteiger partial charge < -0.3 is 33.9 Å². The van der Waals surface area contributed by atoms with Crippen LogP contribution in [0.25, 0.3) is 0 Å². The zero-order chi connectivity index (χ0) is 40.5. The first-order valence-corrected chi connectivity index (χ1v) is 22.0. The molecule has 5 rings (SSSR count). The summed E-state index contributed by atoms with van der Waals surface area (Å²) in [5, 5.41) is 22.2. The fourth-order valence-corrected chi connectivity index (χ4v) is 7.81. The molecule has 0 amide bonds. The molecule has 0 bridgehead atoms. The number of allylic oxidation sites excluding steroid dienone is 7. The van der Waals surface area contributed by atoms with Crippen molar-refractivity contribution in [1.82, 2.24) is 0 Å². The Morgan fingerprint density at radius 3 is 1.72 bits per heavy atom. The van der Waals surface area contributed by atoms with Gasteiger partial charge in [0.25, 0.3) is 0 Å². The van der Waals surface area contributed by atoms with Gasteiger partial charge in [0.05, 0.1) is 67.1 Å². The molecule has 312 valence electrons. The highest BCUT2D eigenvalue weighted by Crippen LogP contribution is 2.42. The number of rotatable bonds is 8. The van der Waals surface area contributed by atoms with Gasteiger partial charge in [0.15, 0.2) is 0 Å². The van der Waals surface area contributed by atoms with Crippen LogP contribution >= 0.6 is 0 Å². The van der Waals surface area contributed by atoms with Crippen LogP contribution in [0.15, 0.2) is 48.1 Å². The predicted octanol–water partition coefficient (Wildman–Crippen LogP) is 11.3. The third-order valence-electron chi connectivity index (χ3n) is 10.7. The van der Waals surface area contributed by atoms with Crippen molar-refractivity contribution in [2.45, 2.75) is 241 Å². The molecule has 13 unspecified atom stereocenters. The molecule has 0 spiro atoms. The molecule has 0 aromatic rings. The van der Waals surface area contributed by atoms with Gasteiger partial charge in [-0.05, 0) is 84.5 Å². The Balaban J connectivity index is 0.00000249. The second kappa shape index (κ2) is 29.9. The average Bonchev–Trinajstić information content (AvgIpc) is 3.53. The summed E-state index contributed by atoms with van der Waals surface area (Å²) in [4.78, 5) is 0. The van der Waals surface area contributed by atoms with Gasteiger partial charge in [-0.1, -0.05) is 124 Å². The highest BCUT2D eigenvalue weighted by molar-refractivity contribution is 5.26. The monoisotopic (exact) mass is 751 g/mol. The first-order chi connectivity index (χ1) is 25.8. The van der Waals surface area contributed by atoms with E-state index in [-0.39, 0.29) is 61.0 Å². The summed E-state index contributed by atoms with van der Waals surface area (Å²) in [6.45, 7) is 32.4. The van der Waals surface area contributed by atoms with E-state index in [0.29, 0.717) is 25.2 Å². The molecular formula is C46H86O7. The SMILES string of the molecule is C=C/C=C\CCC1OC2CCC3OC4C(O)CC5OC(CC/C=C(C)/C(C)=C/C)C(C)CC5OC4CC3OC2CCC1O.CC.CC.CC.CC.CC. The van der Waals surface area contributed by atoms with Crippen LogP contribution < -0.4 is 0 Å². The normalized spacial score (nSPS) is 36.5. The standard InChI is InChI=1S/C36H56O7.5C2H6/c1-6-8-9-10-13-28-25(37)15-16-29-30(40-28)17-18-31-34(41-29)21-35-36(43-31)26(38)20-33-32(42-35)19-24(5)27(39-33)14-11-12-23(4)22(3)7-2;5*1-2/h6-9,12,24-38H,1,10-11,13-21H2,2-5H3;5*1-2H3/b9-8-,22-7+,23-12+;;;;;. The Morgan fingerprint density at radius 2 is 1.09 bits per heavy atom. The van der Waals surface area contributed by atoms with E-state index in [0.717, 1.165) is 51.4 Å². The molecular weight excluding hydrogens is 664 g/mol. The minimum absolute atomic E-state index is 0.0515. The molecule has 5 heterocycles. The largest absolute Gasteiger partial charge is 0.390 e. The van der Waals surface area contributed by atoms with Gasteiger partial charge in [-0.2, -0.15) is 0 Å². The van der Waals surface area contributed by atoms with E-state index in [1.807, 2.05) is 75.3 Å². The van der Waals surface area contributed by atoms with Crippen LogP contribution in [0.5, 0.6) is 0 Å². The maximum Gasteiger partial charge on any atom is 0.110 e. The van der Waals surface area contributed by atoms with Crippen molar-refractivity contribution in [2.75, 3.05) is 0 Å². The lowest BCUT2D eigenvalue weighted by atomic mass is 9.87. The molecule has 5 aliphatic heterocycles. The van der Waals surface area contributed by atoms with E-state index < -0.39 is 12.2 Å². The first kappa shape index (κ1) is 51.7. The van der Waals surface area contributed by atoms with Gasteiger partial charge >= 0.3 is 0 Å². The number of hydrogen-bond acceptors (Lipinski definition) is 7. The molecule has 5 aliphatic rings. The highest BCUT2D eigenvalue weighted by Gasteiger charge is 2.51. The Labute approximate surface area is 328 Å². The maximum atomic E-state index is 11.4. The zero-order valence-electron chi connectivity index (χ0n) is 36.8. The molecule has 13 atom stereocenters. The number of hydrogen-bond donors (Lipinski definition) is 2. The van der Waals surface area contributed by atoms with E-state index in [4.69, 9.17) is 23.7 Å². The molecule has 7 nitrogen and oxygen atoms in total. The summed E-state index contributed by atoms with van der Waals surface area (Å²) in [5.74, 6) is 0.383. The van der Waals surface area contributed by atoms with Gasteiger partial charge in [-0.15, -0.1) is 0 Å². The first-order valence-electron chi connectivity index (χ1n) is 22.0. The van der Waals surface area contributed by atoms with Crippen molar-refractivity contribution >= 4 is 0 Å². The topological polar surface area (TPSA) is 86.6 Å². The van der Waals surface area contributed by atoms with Crippen LogP contribution in [-0.2, 0) is 23.7 Å². The smallest absolute Gasteiger partial charge is 0.110 e. The van der Waals surface area contributed by atoms with Crippen molar-refractivity contribution in [3.05, 3.63) is 48.1 Å². The summed E-state index contributed by atoms with van der Waals surface area (Å²) in [7, 11) is 0. The van der Waals surface area contributed by atoms with Crippen molar-refractivity contribution < 1.29 is 33.9 Å². The Morgan fingerprint density at radius 1 is 0.585 bits per heavy atom. The molecule has 53 heavy (non-hydrogen) atoms. The number of aliphatic hydroxyl groups is 2. The zero-order valence-corrected chi connectivity index (χ0v) is 36.8. The average molecular weight is 751 g/mol. The second-order valence-electron chi connectivity index (χ2n) is 13.6. The lowest BCUT2D eigenvalue weighted by molar-refractivity contribution is -0.236. The van der Waals surface area contributed by atoms with Crippen LogP contribution in [0.1, 0.15) is 168 Å². The number of aliphatic hydroxyl groups excluding tert-OH is 2. The highest BCUT2D eigenvalue weighted by atomic mass is 16.6. The van der Waals surface area contributed by atoms with Crippen LogP contribution in [0, 0.1) is 5.92 Å². The van der Waals surface area contributed by atoms with E-state index in [1.54, 1.807) is 6.08 Å². The number of ether oxygens (including phenoxy) is 5. The van der Waals surface area contributed by atoms with Crippen molar-refractivity contribution in [3.63, 3.8) is 0 Å². The van der Waals surface area contributed by atoms with Gasteiger partial charge in [0.1, 0.15) is 6.10 Å². The lowest BCUT2D eigenvalue weighted by Crippen LogP contribution is -2.53. The molecule has 2 N–H and O–H groups in total. The summed E-state index contributed by atoms with van der Waals surface area (Å²) in [6, 6.07) is 0. The third kappa shape index (κ3) is 16.0.